The molecule has 0 aromatic heterocycles. The molecule has 3 saturated heterocycles. The van der Waals surface area contributed by atoms with Crippen molar-refractivity contribution >= 4 is 0 Å². The highest BCUT2D eigenvalue weighted by molar-refractivity contribution is 5.06. The number of hydrogen-bond acceptors (Lipinski definition) is 5. The van der Waals surface area contributed by atoms with Crippen molar-refractivity contribution in [1.82, 2.24) is 0 Å². The molecule has 0 spiro atoms. The predicted octanol–water partition coefficient (Wildman–Crippen LogP) is 0.401. The van der Waals surface area contributed by atoms with Crippen LogP contribution in [0.15, 0.2) is 0 Å². The highest BCUT2D eigenvalue weighted by Crippen LogP contribution is 2.43. The summed E-state index contributed by atoms with van der Waals surface area (Å²) >= 11 is 0. The van der Waals surface area contributed by atoms with Gasteiger partial charge in [0.1, 0.15) is 24.2 Å². The summed E-state index contributed by atoms with van der Waals surface area (Å²) in [5.74, 6) is -0.947. The van der Waals surface area contributed by atoms with E-state index in [1.54, 1.807) is 0 Å². The maximum absolute atomic E-state index is 9.11. The molecule has 15 heavy (non-hydrogen) atoms. The van der Waals surface area contributed by atoms with E-state index < -0.39 is 5.79 Å². The fourth-order valence-electron chi connectivity index (χ4n) is 2.47. The van der Waals surface area contributed by atoms with Crippen molar-refractivity contribution in [2.24, 2.45) is 5.92 Å². The second kappa shape index (κ2) is 2.92. The molecule has 3 aliphatic heterocycles. The van der Waals surface area contributed by atoms with E-state index in [0.717, 1.165) is 0 Å². The molecule has 3 fully saturated rings. The Hall–Kier alpha value is -0.670. The van der Waals surface area contributed by atoms with Crippen molar-refractivity contribution in [3.63, 3.8) is 0 Å². The summed E-state index contributed by atoms with van der Waals surface area (Å²) in [5, 5.41) is 9.11. The van der Waals surface area contributed by atoms with Crippen molar-refractivity contribution < 1.29 is 18.9 Å². The zero-order valence-corrected chi connectivity index (χ0v) is 8.67. The van der Waals surface area contributed by atoms with Crippen LogP contribution in [0.1, 0.15) is 13.8 Å². The monoisotopic (exact) mass is 211 g/mol. The largest absolute Gasteiger partial charge is 0.347 e. The highest BCUT2D eigenvalue weighted by atomic mass is 16.8. The molecule has 5 nitrogen and oxygen atoms in total. The average molecular weight is 211 g/mol. The van der Waals surface area contributed by atoms with Crippen LogP contribution in [0.3, 0.4) is 0 Å². The quantitative estimate of drug-likeness (QED) is 0.580. The minimum atomic E-state index is -0.651. The number of hydrogen-bond donors (Lipinski definition) is 0. The number of rotatable bonds is 0. The molecule has 2 bridgehead atoms. The first kappa shape index (κ1) is 9.55. The molecule has 82 valence electrons. The fourth-order valence-corrected chi connectivity index (χ4v) is 2.47. The van der Waals surface area contributed by atoms with E-state index in [0.29, 0.717) is 6.61 Å². The Labute approximate surface area is 87.9 Å². The normalized spacial score (nSPS) is 51.1. The topological polar surface area (TPSA) is 60.7 Å². The van der Waals surface area contributed by atoms with Crippen molar-refractivity contribution in [2.75, 3.05) is 6.61 Å². The first-order chi connectivity index (χ1) is 7.11. The lowest BCUT2D eigenvalue weighted by Gasteiger charge is -2.30. The first-order valence-corrected chi connectivity index (χ1v) is 5.13. The van der Waals surface area contributed by atoms with Gasteiger partial charge >= 0.3 is 0 Å². The molecular formula is C10H13NO4. The van der Waals surface area contributed by atoms with Gasteiger partial charge in [-0.15, -0.1) is 0 Å². The minimum Gasteiger partial charge on any atom is -0.347 e. The lowest BCUT2D eigenvalue weighted by atomic mass is 9.92. The SMILES string of the molecule is CC1(C)O[C@@H]2[C@H]3OC[C@@H](O3)[C@H](C#N)[C@H]2O1. The van der Waals surface area contributed by atoms with E-state index in [-0.39, 0.29) is 30.5 Å². The van der Waals surface area contributed by atoms with Crippen molar-refractivity contribution in [1.29, 1.82) is 5.26 Å². The maximum Gasteiger partial charge on any atom is 0.187 e. The molecule has 0 aromatic carbocycles. The number of ether oxygens (including phenoxy) is 4. The van der Waals surface area contributed by atoms with Gasteiger partial charge in [-0.05, 0) is 13.8 Å². The van der Waals surface area contributed by atoms with Crippen LogP contribution in [0.5, 0.6) is 0 Å². The Morgan fingerprint density at radius 3 is 2.73 bits per heavy atom. The fraction of sp³-hybridized carbons (Fsp3) is 0.900. The zero-order chi connectivity index (χ0) is 10.6. The third-order valence-electron chi connectivity index (χ3n) is 3.07. The van der Waals surface area contributed by atoms with Gasteiger partial charge in [-0.25, -0.2) is 0 Å². The molecular weight excluding hydrogens is 198 g/mol. The Morgan fingerprint density at radius 1 is 1.27 bits per heavy atom. The molecule has 0 amide bonds. The first-order valence-electron chi connectivity index (χ1n) is 5.13. The molecule has 0 aliphatic carbocycles. The van der Waals surface area contributed by atoms with Gasteiger partial charge in [-0.2, -0.15) is 5.26 Å². The van der Waals surface area contributed by atoms with Crippen LogP contribution in [0, 0.1) is 17.2 Å². The van der Waals surface area contributed by atoms with E-state index >= 15 is 0 Å². The van der Waals surface area contributed by atoms with Crippen LogP contribution in [-0.4, -0.2) is 37.0 Å². The van der Waals surface area contributed by atoms with Gasteiger partial charge in [0.15, 0.2) is 12.1 Å². The third-order valence-corrected chi connectivity index (χ3v) is 3.07. The van der Waals surface area contributed by atoms with Crippen LogP contribution >= 0.6 is 0 Å². The third kappa shape index (κ3) is 1.30. The molecule has 3 aliphatic rings. The number of fused-ring (bicyclic) bond motifs is 4. The van der Waals surface area contributed by atoms with Crippen LogP contribution in [0.4, 0.5) is 0 Å². The molecule has 0 unspecified atom stereocenters. The van der Waals surface area contributed by atoms with Gasteiger partial charge in [0.2, 0.25) is 0 Å². The van der Waals surface area contributed by atoms with Gasteiger partial charge in [0, 0.05) is 0 Å². The summed E-state index contributed by atoms with van der Waals surface area (Å²) in [7, 11) is 0. The predicted molar refractivity (Wildman–Crippen MR) is 47.5 cm³/mol. The molecule has 0 radical (unpaired) electrons. The van der Waals surface area contributed by atoms with Crippen molar-refractivity contribution in [2.45, 2.75) is 44.2 Å². The standard InChI is InChI=1S/C10H13NO4/c1-10(2)14-7-5(3-11)6-4-12-9(13-6)8(7)15-10/h5-9H,4H2,1-2H3/t5-,6+,7+,8-,9-/m0/s1. The van der Waals surface area contributed by atoms with Crippen molar-refractivity contribution in [3.05, 3.63) is 0 Å². The highest BCUT2D eigenvalue weighted by Gasteiger charge is 2.58. The number of nitrogens with zero attached hydrogens (tertiary/aromatic N) is 1. The molecule has 0 saturated carbocycles. The smallest absolute Gasteiger partial charge is 0.187 e. The maximum atomic E-state index is 9.11. The van der Waals surface area contributed by atoms with Crippen molar-refractivity contribution in [3.8, 4) is 6.07 Å². The Kier molecular flexibility index (Phi) is 1.86. The van der Waals surface area contributed by atoms with E-state index in [2.05, 4.69) is 6.07 Å². The minimum absolute atomic E-state index is 0.168. The van der Waals surface area contributed by atoms with Gasteiger partial charge in [-0.3, -0.25) is 0 Å². The van der Waals surface area contributed by atoms with Gasteiger partial charge < -0.3 is 18.9 Å². The average Bonchev–Trinajstić information content (AvgIpc) is 2.70. The summed E-state index contributed by atoms with van der Waals surface area (Å²) in [6.45, 7) is 4.14. The zero-order valence-electron chi connectivity index (χ0n) is 8.67. The second-order valence-corrected chi connectivity index (χ2v) is 4.60. The van der Waals surface area contributed by atoms with E-state index in [1.165, 1.54) is 0 Å². The Bertz CT molecular complexity index is 324. The van der Waals surface area contributed by atoms with Crippen LogP contribution < -0.4 is 0 Å². The van der Waals surface area contributed by atoms with Gasteiger partial charge in [0.05, 0.1) is 12.7 Å². The molecule has 0 N–H and O–H groups in total. The number of nitriles is 1. The lowest BCUT2D eigenvalue weighted by molar-refractivity contribution is -0.188. The van der Waals surface area contributed by atoms with Gasteiger partial charge in [-0.1, -0.05) is 0 Å². The summed E-state index contributed by atoms with van der Waals surface area (Å²) < 4.78 is 22.4. The molecule has 0 aromatic rings. The summed E-state index contributed by atoms with van der Waals surface area (Å²) in [6, 6.07) is 2.23. The van der Waals surface area contributed by atoms with Gasteiger partial charge in [0.25, 0.3) is 0 Å². The summed E-state index contributed by atoms with van der Waals surface area (Å²) in [4.78, 5) is 0. The Balaban J connectivity index is 1.92. The van der Waals surface area contributed by atoms with E-state index in [4.69, 9.17) is 24.2 Å². The molecule has 3 heterocycles. The molecule has 5 heteroatoms. The summed E-state index contributed by atoms with van der Waals surface area (Å²) in [5.41, 5.74) is 0. The second-order valence-electron chi connectivity index (χ2n) is 4.60. The van der Waals surface area contributed by atoms with Crippen LogP contribution in [-0.2, 0) is 18.9 Å². The van der Waals surface area contributed by atoms with E-state index in [9.17, 15) is 0 Å². The Morgan fingerprint density at radius 2 is 2.00 bits per heavy atom. The molecule has 3 rings (SSSR count). The van der Waals surface area contributed by atoms with E-state index in [1.807, 2.05) is 13.8 Å². The summed E-state index contributed by atoms with van der Waals surface area (Å²) in [6.07, 6.45) is -1.04. The van der Waals surface area contributed by atoms with Crippen LogP contribution in [0.2, 0.25) is 0 Å². The lowest BCUT2D eigenvalue weighted by Crippen LogP contribution is -2.48. The molecule has 5 atom stereocenters. The van der Waals surface area contributed by atoms with Crippen LogP contribution in [0.25, 0.3) is 0 Å².